The average Bonchev–Trinajstić information content (AvgIpc) is 2.52. The average molecular weight is 1060 g/mol. The second kappa shape index (κ2) is 21.5. The first-order chi connectivity index (χ1) is 20.0. The van der Waals surface area contributed by atoms with Crippen molar-refractivity contribution in [3.63, 3.8) is 0 Å². The van der Waals surface area contributed by atoms with Gasteiger partial charge in [0.25, 0.3) is 0 Å². The zero-order valence-corrected chi connectivity index (χ0v) is 41.6. The van der Waals surface area contributed by atoms with Crippen LogP contribution in [0.3, 0.4) is 0 Å². The zero-order valence-electron chi connectivity index (χ0n) is 23.3. The maximum atomic E-state index is 11.3. The summed E-state index contributed by atoms with van der Waals surface area (Å²) < 4.78 is 132. The molecule has 0 unspecified atom stereocenters. The first kappa shape index (κ1) is 55.0. The molecule has 0 saturated carbocycles. The van der Waals surface area contributed by atoms with Crippen molar-refractivity contribution in [2.24, 2.45) is 0 Å². The van der Waals surface area contributed by atoms with Crippen LogP contribution in [0.25, 0.3) is 0 Å². The molecule has 0 atom stereocenters. The minimum Gasteiger partial charge on any atom is -0.870 e. The Bertz CT molecular complexity index is 990. The van der Waals surface area contributed by atoms with Gasteiger partial charge in [-0.2, -0.15) is 0 Å². The van der Waals surface area contributed by atoms with Crippen LogP contribution >= 0.6 is 0 Å². The van der Waals surface area contributed by atoms with Gasteiger partial charge in [0.05, 0.1) is 0 Å². The van der Waals surface area contributed by atoms with Gasteiger partial charge in [0.1, 0.15) is 0 Å². The van der Waals surface area contributed by atoms with Gasteiger partial charge in [-0.15, -0.1) is 0 Å². The van der Waals surface area contributed by atoms with E-state index < -0.39 is 153 Å². The fraction of sp³-hybridized carbons (Fsp3) is 0. The smallest absolute Gasteiger partial charge is 0.870 e. The Morgan fingerprint density at radius 1 is 0.560 bits per heavy atom. The van der Waals surface area contributed by atoms with Crippen molar-refractivity contribution in [1.82, 2.24) is 0 Å². The summed E-state index contributed by atoms with van der Waals surface area (Å²) in [6, 6.07) is 0. The third-order valence-corrected chi connectivity index (χ3v) is 37.5. The normalized spacial score (nSPS) is 28.6. The van der Waals surface area contributed by atoms with E-state index in [0.29, 0.717) is 0 Å². The second-order valence-electron chi connectivity index (χ2n) is 7.79. The van der Waals surface area contributed by atoms with E-state index in [1.54, 1.807) is 0 Å². The topological polar surface area (TPSA) is 422 Å². The number of hydrogen-bond acceptors (Lipinski definition) is 28. The standard InChI is InChI=1S/6Al.BH3O3.2BO3.3Fe.Na.2O9Si3.4H2O/c;;;;;;3*2-1(3)4;;;;;2*1-10(8-11(2,3)4)9-12(5,6)7;;;;/h;;;;;;2-4H;;;;;;;;;4*1H2/q6*+3;;2*-3;;;;+1;2*-6;;;;/p-1. The van der Waals surface area contributed by atoms with Gasteiger partial charge in [0.15, 0.2) is 0 Å². The zero-order chi connectivity index (χ0) is 28.9. The maximum absolute atomic E-state index is 11.3. The molecule has 0 aliphatic carbocycles. The summed E-state index contributed by atoms with van der Waals surface area (Å²) in [6.07, 6.45) is 0. The van der Waals surface area contributed by atoms with Crippen molar-refractivity contribution in [3.8, 4) is 0 Å². The summed E-state index contributed by atoms with van der Waals surface area (Å²) in [4.78, 5) is 0. The third-order valence-electron chi connectivity index (χ3n) is 5.05. The Hall–Kier alpha value is 5.05. The Morgan fingerprint density at radius 2 is 0.760 bits per heavy atom. The molecule has 22 rings (SSSR count). The van der Waals surface area contributed by atoms with Gasteiger partial charge < -0.3 is 117 Å². The van der Waals surface area contributed by atoms with Crippen LogP contribution in [0.1, 0.15) is 0 Å². The van der Waals surface area contributed by atoms with Gasteiger partial charge in [0, 0.05) is 51.2 Å². The molecule has 22 aliphatic heterocycles. The Morgan fingerprint density at radius 3 is 0.920 bits per heavy atom. The van der Waals surface area contributed by atoms with Crippen molar-refractivity contribution in [2.45, 2.75) is 0 Å². The molecule has 272 valence electrons. The first-order valence-electron chi connectivity index (χ1n) is 10.9. The van der Waals surface area contributed by atoms with Gasteiger partial charge in [-0.3, -0.25) is 8.92 Å². The van der Waals surface area contributed by atoms with Crippen LogP contribution in [-0.2, 0) is 141 Å². The Labute approximate surface area is 369 Å². The molecular weight excluding hydrogens is 1050 g/mol. The van der Waals surface area contributed by atoms with Crippen molar-refractivity contribution in [1.29, 1.82) is 0 Å². The van der Waals surface area contributed by atoms with Crippen LogP contribution in [0.5, 0.6) is 0 Å². The molecule has 22 heterocycles. The van der Waals surface area contributed by atoms with Crippen molar-refractivity contribution in [2.75, 3.05) is 0 Å². The van der Waals surface area contributed by atoms with Crippen LogP contribution < -0.4 is 29.6 Å². The van der Waals surface area contributed by atoms with E-state index in [2.05, 4.69) is 0 Å². The molecule has 0 aromatic rings. The van der Waals surface area contributed by atoms with Gasteiger partial charge in [-0.1, -0.05) is 0 Å². The molecule has 12 bridgehead atoms. The molecule has 31 nitrogen and oxygen atoms in total. The molecule has 0 amide bonds. The van der Waals surface area contributed by atoms with E-state index in [0.717, 1.165) is 0 Å². The predicted octanol–water partition coefficient (Wildman–Crippen LogP) is -14.8. The van der Waals surface area contributed by atoms with Crippen LogP contribution in [0.2, 0.25) is 0 Å². The van der Waals surface area contributed by atoms with E-state index >= 15 is 0 Å². The monoisotopic (exact) mass is 1060 g/mol. The van der Waals surface area contributed by atoms with Crippen molar-refractivity contribution in [3.05, 3.63) is 0 Å². The Kier molecular flexibility index (Phi) is 23.7. The molecule has 22 aliphatic rings. The van der Waals surface area contributed by atoms with Gasteiger partial charge in [-0.25, -0.2) is 0 Å². The molecule has 22 fully saturated rings. The largest absolute Gasteiger partial charge is 1.00 e. The quantitative estimate of drug-likeness (QED) is 0.220. The van der Waals surface area contributed by atoms with Gasteiger partial charge in [-0.05, 0) is 0 Å². The van der Waals surface area contributed by atoms with E-state index in [-0.39, 0.29) is 117 Å². The summed E-state index contributed by atoms with van der Waals surface area (Å²) in [7, 11) is -20.6. The summed E-state index contributed by atoms with van der Waals surface area (Å²) in [5.74, 6) is 0. The fourth-order valence-electron chi connectivity index (χ4n) is 3.04. The summed E-state index contributed by atoms with van der Waals surface area (Å²) in [5.41, 5.74) is 0. The van der Waals surface area contributed by atoms with Crippen LogP contribution in [0.4, 0.5) is 0 Å². The molecule has 2 spiro atoms. The van der Waals surface area contributed by atoms with Gasteiger partial charge in [0.2, 0.25) is 0 Å². The molecule has 50 heavy (non-hydrogen) atoms. The van der Waals surface area contributed by atoms with E-state index in [4.69, 9.17) is 95.5 Å². The molecule has 0 aromatic carbocycles. The second-order valence-corrected chi connectivity index (χ2v) is 32.5. The summed E-state index contributed by atoms with van der Waals surface area (Å²) >= 11 is -10.8. The minimum atomic E-state index is -3.25. The van der Waals surface area contributed by atoms with Crippen LogP contribution in [-0.4, -0.2) is 204 Å². The minimum absolute atomic E-state index is 0. The van der Waals surface area contributed by atoms with Crippen LogP contribution in [0, 0.1) is 0 Å². The first-order valence-corrected chi connectivity index (χ1v) is 28.4. The van der Waals surface area contributed by atoms with Crippen molar-refractivity contribution >= 4 is 167 Å². The number of rotatable bonds is 4. The predicted molar refractivity (Wildman–Crippen MR) is 131 cm³/mol. The molecular formula is H10Al6B3Fe3NaO31Si6. The van der Waals surface area contributed by atoms with E-state index in [1.807, 2.05) is 0 Å². The van der Waals surface area contributed by atoms with Crippen molar-refractivity contribution < 1.29 is 207 Å². The molecule has 0 radical (unpaired) electrons. The molecule has 22 saturated heterocycles. The summed E-state index contributed by atoms with van der Waals surface area (Å²) in [6.45, 7) is 0. The van der Waals surface area contributed by atoms with E-state index in [9.17, 15) is 8.92 Å². The SMILES string of the molecule is O.O.O.O=[Si](O[Si]12[O][Al]([O]1)[O]2)O[Si]12[O][Al]([O]1)[O]2.O=[Si]1O[Si]23[O][Al]4[O][Si]([O]4)([O][Al]([O]2)[O]3)O1.OB(O)O.[Fe].[Fe].[Fe].[Na+].[OH-].[O]1B2[O][Al]1[O]2.[O]1B2[O][Al]1[O]2. The molecule has 50 heteroatoms. The van der Waals surface area contributed by atoms with Gasteiger partial charge >= 0.3 is 197 Å². The molecule has 10 N–H and O–H groups in total. The fourth-order valence-corrected chi connectivity index (χ4v) is 33.4. The maximum Gasteiger partial charge on any atom is 1.00 e. The number of hydrogen-bond donors (Lipinski definition) is 3. The van der Waals surface area contributed by atoms with E-state index in [1.165, 1.54) is 0 Å². The Balaban J connectivity index is 0.000000625. The molecule has 0 aromatic heterocycles. The third kappa shape index (κ3) is 12.1. The van der Waals surface area contributed by atoms with Crippen LogP contribution in [0.15, 0.2) is 0 Å². The summed E-state index contributed by atoms with van der Waals surface area (Å²) in [5, 5.41) is 21.5.